The molecule has 100 valence electrons. The van der Waals surface area contributed by atoms with Gasteiger partial charge in [0.1, 0.15) is 0 Å². The second-order valence-electron chi connectivity index (χ2n) is 6.20. The van der Waals surface area contributed by atoms with Gasteiger partial charge in [-0.1, -0.05) is 32.6 Å². The Labute approximate surface area is 108 Å². The molecule has 0 saturated heterocycles. The van der Waals surface area contributed by atoms with Crippen LogP contribution in [-0.2, 0) is 8.85 Å². The fourth-order valence-electron chi connectivity index (χ4n) is 4.27. The Morgan fingerprint density at radius 1 is 0.941 bits per heavy atom. The maximum Gasteiger partial charge on any atom is 0.327 e. The molecule has 0 N–H and O–H groups in total. The summed E-state index contributed by atoms with van der Waals surface area (Å²) >= 11 is 0. The molecule has 0 amide bonds. The van der Waals surface area contributed by atoms with Crippen LogP contribution in [0.25, 0.3) is 0 Å². The van der Waals surface area contributed by atoms with Crippen molar-refractivity contribution < 1.29 is 8.85 Å². The van der Waals surface area contributed by atoms with E-state index < -0.39 is 9.28 Å². The molecular formula is C14H28O2Si. The van der Waals surface area contributed by atoms with E-state index in [0.29, 0.717) is 5.04 Å². The maximum absolute atomic E-state index is 5.78. The lowest BCUT2D eigenvalue weighted by atomic mass is 9.75. The van der Waals surface area contributed by atoms with Crippen LogP contribution in [-0.4, -0.2) is 23.5 Å². The minimum atomic E-state index is -1.47. The summed E-state index contributed by atoms with van der Waals surface area (Å²) < 4.78 is 11.6. The standard InChI is InChI=1S/C14H28O2Si/c1-12-6-8-13(9-7-12)14(10-4-5-11-14)17(15-2)16-3/h12-13,17H,4-11H2,1-3H3. The monoisotopic (exact) mass is 256 g/mol. The Bertz CT molecular complexity index is 226. The van der Waals surface area contributed by atoms with E-state index in [-0.39, 0.29) is 0 Å². The van der Waals surface area contributed by atoms with Crippen LogP contribution in [0, 0.1) is 11.8 Å². The molecule has 2 aliphatic carbocycles. The lowest BCUT2D eigenvalue weighted by molar-refractivity contribution is 0.162. The third-order valence-corrected chi connectivity index (χ3v) is 8.10. The summed E-state index contributed by atoms with van der Waals surface area (Å²) in [4.78, 5) is 0. The summed E-state index contributed by atoms with van der Waals surface area (Å²) in [6, 6.07) is 0. The number of rotatable bonds is 4. The van der Waals surface area contributed by atoms with E-state index in [9.17, 15) is 0 Å². The van der Waals surface area contributed by atoms with Crippen molar-refractivity contribution in [2.45, 2.75) is 63.3 Å². The van der Waals surface area contributed by atoms with Gasteiger partial charge in [-0.2, -0.15) is 0 Å². The largest absolute Gasteiger partial charge is 0.400 e. The summed E-state index contributed by atoms with van der Waals surface area (Å²) in [6.45, 7) is 2.40. The average Bonchev–Trinajstić information content (AvgIpc) is 2.82. The SMILES string of the molecule is CO[SiH](OC)C1(C2CCC(C)CC2)CCCC1. The van der Waals surface area contributed by atoms with Crippen molar-refractivity contribution in [3.05, 3.63) is 0 Å². The minimum absolute atomic E-state index is 0.462. The summed E-state index contributed by atoms with van der Waals surface area (Å²) in [7, 11) is 2.26. The molecule has 0 aromatic carbocycles. The molecule has 0 spiro atoms. The molecular weight excluding hydrogens is 228 g/mol. The topological polar surface area (TPSA) is 18.5 Å². The van der Waals surface area contributed by atoms with Gasteiger partial charge in [-0.3, -0.25) is 0 Å². The quantitative estimate of drug-likeness (QED) is 0.715. The molecule has 0 aliphatic heterocycles. The van der Waals surface area contributed by atoms with Gasteiger partial charge in [-0.25, -0.2) is 0 Å². The first-order valence-electron chi connectivity index (χ1n) is 7.28. The van der Waals surface area contributed by atoms with Gasteiger partial charge < -0.3 is 8.85 Å². The van der Waals surface area contributed by atoms with E-state index in [1.165, 1.54) is 51.4 Å². The van der Waals surface area contributed by atoms with Crippen LogP contribution >= 0.6 is 0 Å². The van der Waals surface area contributed by atoms with Crippen LogP contribution in [0.1, 0.15) is 58.3 Å². The Hall–Kier alpha value is 0.137. The first-order valence-corrected chi connectivity index (χ1v) is 8.80. The second kappa shape index (κ2) is 5.85. The van der Waals surface area contributed by atoms with Crippen LogP contribution in [0.5, 0.6) is 0 Å². The van der Waals surface area contributed by atoms with Gasteiger partial charge >= 0.3 is 9.28 Å². The first kappa shape index (κ1) is 13.6. The summed E-state index contributed by atoms with van der Waals surface area (Å²) in [5.41, 5.74) is 0. The predicted molar refractivity (Wildman–Crippen MR) is 73.5 cm³/mol. The van der Waals surface area contributed by atoms with Crippen LogP contribution in [0.2, 0.25) is 5.04 Å². The normalized spacial score (nSPS) is 33.2. The Kier molecular flexibility index (Phi) is 4.67. The van der Waals surface area contributed by atoms with Gasteiger partial charge in [0.05, 0.1) is 0 Å². The van der Waals surface area contributed by atoms with Gasteiger partial charge in [-0.15, -0.1) is 0 Å². The summed E-state index contributed by atoms with van der Waals surface area (Å²) in [5, 5.41) is 0.462. The van der Waals surface area contributed by atoms with Gasteiger partial charge in [0.2, 0.25) is 0 Å². The highest BCUT2D eigenvalue weighted by atomic mass is 28.3. The van der Waals surface area contributed by atoms with Crippen LogP contribution < -0.4 is 0 Å². The van der Waals surface area contributed by atoms with Gasteiger partial charge in [-0.05, 0) is 37.5 Å². The van der Waals surface area contributed by atoms with E-state index in [2.05, 4.69) is 6.92 Å². The minimum Gasteiger partial charge on any atom is -0.400 e. The van der Waals surface area contributed by atoms with E-state index in [4.69, 9.17) is 8.85 Å². The van der Waals surface area contributed by atoms with E-state index in [1.807, 2.05) is 14.2 Å². The van der Waals surface area contributed by atoms with Crippen molar-refractivity contribution in [3.63, 3.8) is 0 Å². The van der Waals surface area contributed by atoms with E-state index >= 15 is 0 Å². The molecule has 0 heterocycles. The van der Waals surface area contributed by atoms with Crippen LogP contribution in [0.3, 0.4) is 0 Å². The summed E-state index contributed by atoms with van der Waals surface area (Å²) in [6.07, 6.45) is 11.2. The van der Waals surface area contributed by atoms with Gasteiger partial charge in [0.15, 0.2) is 0 Å². The third-order valence-electron chi connectivity index (χ3n) is 5.26. The predicted octanol–water partition coefficient (Wildman–Crippen LogP) is 3.64. The van der Waals surface area contributed by atoms with Crippen molar-refractivity contribution in [3.8, 4) is 0 Å². The molecule has 0 aromatic heterocycles. The smallest absolute Gasteiger partial charge is 0.327 e. The van der Waals surface area contributed by atoms with Crippen LogP contribution in [0.4, 0.5) is 0 Å². The van der Waals surface area contributed by atoms with Gasteiger partial charge in [0.25, 0.3) is 0 Å². The molecule has 2 rings (SSSR count). The highest BCUT2D eigenvalue weighted by Gasteiger charge is 2.50. The highest BCUT2D eigenvalue weighted by molar-refractivity contribution is 6.48. The lowest BCUT2D eigenvalue weighted by Gasteiger charge is -2.43. The molecule has 17 heavy (non-hydrogen) atoms. The van der Waals surface area contributed by atoms with Crippen molar-refractivity contribution in [2.75, 3.05) is 14.2 Å². The van der Waals surface area contributed by atoms with Crippen molar-refractivity contribution >= 4 is 9.28 Å². The zero-order valence-electron chi connectivity index (χ0n) is 11.7. The number of hydrogen-bond donors (Lipinski definition) is 0. The second-order valence-corrected chi connectivity index (χ2v) is 8.96. The zero-order valence-corrected chi connectivity index (χ0v) is 12.9. The molecule has 0 bridgehead atoms. The van der Waals surface area contributed by atoms with Crippen molar-refractivity contribution in [1.29, 1.82) is 0 Å². The van der Waals surface area contributed by atoms with Crippen LogP contribution in [0.15, 0.2) is 0 Å². The highest BCUT2D eigenvalue weighted by Crippen LogP contribution is 2.57. The fourth-order valence-corrected chi connectivity index (χ4v) is 7.00. The van der Waals surface area contributed by atoms with Gasteiger partial charge in [0, 0.05) is 19.3 Å². The molecule has 2 aliphatic rings. The van der Waals surface area contributed by atoms with E-state index in [0.717, 1.165) is 11.8 Å². The van der Waals surface area contributed by atoms with E-state index in [1.54, 1.807) is 0 Å². The Balaban J connectivity index is 2.10. The zero-order chi connectivity index (χ0) is 12.3. The first-order chi connectivity index (χ1) is 8.23. The third kappa shape index (κ3) is 2.61. The molecule has 0 radical (unpaired) electrons. The lowest BCUT2D eigenvalue weighted by Crippen LogP contribution is -2.41. The molecule has 0 atom stereocenters. The molecule has 2 saturated carbocycles. The van der Waals surface area contributed by atoms with Crippen molar-refractivity contribution in [1.82, 2.24) is 0 Å². The average molecular weight is 256 g/mol. The summed E-state index contributed by atoms with van der Waals surface area (Å²) in [5.74, 6) is 1.83. The molecule has 0 unspecified atom stereocenters. The molecule has 0 aromatic rings. The maximum atomic E-state index is 5.78. The molecule has 2 nitrogen and oxygen atoms in total. The Morgan fingerprint density at radius 2 is 1.47 bits per heavy atom. The molecule has 2 fully saturated rings. The number of hydrogen-bond acceptors (Lipinski definition) is 2. The fraction of sp³-hybridized carbons (Fsp3) is 1.00. The van der Waals surface area contributed by atoms with Crippen molar-refractivity contribution in [2.24, 2.45) is 11.8 Å². The molecule has 3 heteroatoms. The Morgan fingerprint density at radius 3 is 1.94 bits per heavy atom.